The van der Waals surface area contributed by atoms with Crippen LogP contribution in [0.15, 0.2) is 12.7 Å². The Balaban J connectivity index is 1.68. The van der Waals surface area contributed by atoms with Crippen molar-refractivity contribution in [3.63, 3.8) is 0 Å². The van der Waals surface area contributed by atoms with E-state index in [4.69, 9.17) is 19.7 Å². The standard InChI is InChI=1S/C29H53N6O8P/c1-9-29(8,38)44(39,40)43-28(6,7)15-19-21(36)22(37)25(42-19)35-18-34-20-23(32-17-33-24(20)35)31-16-26(2,3)12-14-41-27(4,5)11-10-13-30/h17-19,21-22,25,36-38H,9-16,30H2,1-8H3,(H,39,40)(H,31,32,33)/t19?,21-,22-,25-,29?/m1/s1. The molecule has 0 aromatic carbocycles. The maximum atomic E-state index is 12.8. The lowest BCUT2D eigenvalue weighted by Gasteiger charge is -2.35. The second kappa shape index (κ2) is 13.9. The maximum Gasteiger partial charge on any atom is 0.359 e. The first kappa shape index (κ1) is 36.7. The Morgan fingerprint density at radius 3 is 2.39 bits per heavy atom. The Bertz CT molecular complexity index is 1290. The Kier molecular flexibility index (Phi) is 11.6. The summed E-state index contributed by atoms with van der Waals surface area (Å²) in [4.78, 5) is 23.6. The molecular formula is C29H53N6O8P. The monoisotopic (exact) mass is 644 g/mol. The van der Waals surface area contributed by atoms with Gasteiger partial charge in [-0.05, 0) is 72.3 Å². The minimum Gasteiger partial charge on any atom is -0.388 e. The van der Waals surface area contributed by atoms with E-state index in [9.17, 15) is 24.8 Å². The Hall–Kier alpha value is -1.74. The van der Waals surface area contributed by atoms with E-state index in [0.717, 1.165) is 19.3 Å². The van der Waals surface area contributed by atoms with Crippen LogP contribution in [0.4, 0.5) is 5.82 Å². The SMILES string of the molecule is CCC(C)(O)P(=O)(O)OC(C)(C)CC1O[C@@H](n2cnc3c(NCC(C)(C)CCOC(C)(C)CCCN)ncnc32)[C@H](O)[C@@H]1O. The molecule has 1 saturated heterocycles. The van der Waals surface area contributed by atoms with Gasteiger partial charge in [0.05, 0.1) is 23.6 Å². The third-order valence-electron chi connectivity index (χ3n) is 8.30. The van der Waals surface area contributed by atoms with Gasteiger partial charge in [-0.15, -0.1) is 0 Å². The van der Waals surface area contributed by atoms with Gasteiger partial charge in [-0.25, -0.2) is 15.0 Å². The second-order valence-corrected chi connectivity index (χ2v) is 16.2. The highest BCUT2D eigenvalue weighted by atomic mass is 31.2. The molecule has 0 radical (unpaired) electrons. The first-order valence-corrected chi connectivity index (χ1v) is 16.9. The summed E-state index contributed by atoms with van der Waals surface area (Å²) < 4.78 is 32.0. The van der Waals surface area contributed by atoms with Gasteiger partial charge in [0.25, 0.3) is 0 Å². The molecule has 3 heterocycles. The van der Waals surface area contributed by atoms with Crippen LogP contribution in [0.1, 0.15) is 93.7 Å². The molecule has 7 N–H and O–H groups in total. The number of nitrogens with one attached hydrogen (secondary N) is 1. The summed E-state index contributed by atoms with van der Waals surface area (Å²) in [5.41, 5.74) is 4.89. The summed E-state index contributed by atoms with van der Waals surface area (Å²) in [6, 6.07) is 0. The number of nitrogens with two attached hydrogens (primary N) is 1. The molecule has 15 heteroatoms. The number of nitrogens with zero attached hydrogens (tertiary/aromatic N) is 4. The molecule has 6 atom stereocenters. The number of imidazole rings is 1. The van der Waals surface area contributed by atoms with Crippen LogP contribution >= 0.6 is 7.60 Å². The number of aromatic nitrogens is 4. The van der Waals surface area contributed by atoms with Crippen molar-refractivity contribution in [2.45, 2.75) is 129 Å². The van der Waals surface area contributed by atoms with Crippen LogP contribution in [-0.2, 0) is 18.6 Å². The van der Waals surface area contributed by atoms with E-state index < -0.39 is 43.1 Å². The number of hydrogen-bond donors (Lipinski definition) is 6. The molecule has 0 aliphatic carbocycles. The van der Waals surface area contributed by atoms with Gasteiger partial charge in [-0.2, -0.15) is 0 Å². The smallest absolute Gasteiger partial charge is 0.359 e. The summed E-state index contributed by atoms with van der Waals surface area (Å²) in [7, 11) is -4.44. The number of hydrogen-bond acceptors (Lipinski definition) is 12. The molecule has 0 amide bonds. The van der Waals surface area contributed by atoms with E-state index in [0.29, 0.717) is 36.7 Å². The number of anilines is 1. The average Bonchev–Trinajstić information content (AvgIpc) is 3.46. The zero-order chi connectivity index (χ0) is 33.1. The second-order valence-electron chi connectivity index (χ2n) is 14.0. The minimum absolute atomic E-state index is 0.00644. The van der Waals surface area contributed by atoms with Crippen molar-refractivity contribution in [1.82, 2.24) is 19.5 Å². The van der Waals surface area contributed by atoms with Crippen LogP contribution in [0.5, 0.6) is 0 Å². The van der Waals surface area contributed by atoms with Crippen LogP contribution < -0.4 is 11.1 Å². The van der Waals surface area contributed by atoms with Gasteiger partial charge < -0.3 is 45.3 Å². The molecule has 0 saturated carbocycles. The number of rotatable bonds is 17. The van der Waals surface area contributed by atoms with Gasteiger partial charge in [0.2, 0.25) is 0 Å². The summed E-state index contributed by atoms with van der Waals surface area (Å²) in [6.45, 7) is 16.2. The highest BCUT2D eigenvalue weighted by molar-refractivity contribution is 7.54. The Morgan fingerprint density at radius 1 is 1.07 bits per heavy atom. The van der Waals surface area contributed by atoms with Crippen molar-refractivity contribution in [1.29, 1.82) is 0 Å². The van der Waals surface area contributed by atoms with E-state index in [-0.39, 0.29) is 23.9 Å². The predicted octanol–water partition coefficient (Wildman–Crippen LogP) is 3.30. The average molecular weight is 645 g/mol. The molecule has 0 spiro atoms. The summed E-state index contributed by atoms with van der Waals surface area (Å²) >= 11 is 0. The first-order chi connectivity index (χ1) is 20.2. The van der Waals surface area contributed by atoms with Crippen LogP contribution in [-0.4, -0.2) is 94.3 Å². The zero-order valence-electron chi connectivity index (χ0n) is 27.4. The van der Waals surface area contributed by atoms with Gasteiger partial charge >= 0.3 is 7.60 Å². The molecule has 44 heavy (non-hydrogen) atoms. The van der Waals surface area contributed by atoms with Gasteiger partial charge in [0.1, 0.15) is 18.5 Å². The minimum atomic E-state index is -4.44. The molecule has 1 aliphatic heterocycles. The normalized spacial score (nSPS) is 24.4. The molecule has 3 unspecified atom stereocenters. The lowest BCUT2D eigenvalue weighted by atomic mass is 9.89. The van der Waals surface area contributed by atoms with E-state index >= 15 is 0 Å². The van der Waals surface area contributed by atoms with Crippen molar-refractivity contribution in [2.75, 3.05) is 25.0 Å². The van der Waals surface area contributed by atoms with Gasteiger partial charge in [-0.1, -0.05) is 20.8 Å². The van der Waals surface area contributed by atoms with Crippen molar-refractivity contribution in [3.05, 3.63) is 12.7 Å². The number of fused-ring (bicyclic) bond motifs is 1. The van der Waals surface area contributed by atoms with Gasteiger partial charge in [-0.3, -0.25) is 9.13 Å². The molecule has 2 aromatic heterocycles. The highest BCUT2D eigenvalue weighted by Gasteiger charge is 2.50. The van der Waals surface area contributed by atoms with Crippen LogP contribution in [0.2, 0.25) is 0 Å². The molecule has 0 bridgehead atoms. The maximum absolute atomic E-state index is 12.8. The zero-order valence-corrected chi connectivity index (χ0v) is 28.3. The van der Waals surface area contributed by atoms with Crippen LogP contribution in [0.3, 0.4) is 0 Å². The van der Waals surface area contributed by atoms with Gasteiger partial charge in [0.15, 0.2) is 28.6 Å². The molecule has 2 aromatic rings. The molecule has 3 rings (SSSR count). The predicted molar refractivity (Wildman–Crippen MR) is 167 cm³/mol. The molecule has 1 fully saturated rings. The lowest BCUT2D eigenvalue weighted by Crippen LogP contribution is -2.38. The molecular weight excluding hydrogens is 591 g/mol. The summed E-state index contributed by atoms with van der Waals surface area (Å²) in [5, 5.41) is 33.6. The van der Waals surface area contributed by atoms with Crippen molar-refractivity contribution in [3.8, 4) is 0 Å². The highest BCUT2D eigenvalue weighted by Crippen LogP contribution is 2.58. The summed E-state index contributed by atoms with van der Waals surface area (Å²) in [6.07, 6.45) is 0.819. The van der Waals surface area contributed by atoms with E-state index in [1.165, 1.54) is 24.1 Å². The molecule has 252 valence electrons. The Morgan fingerprint density at radius 2 is 1.75 bits per heavy atom. The van der Waals surface area contributed by atoms with Crippen molar-refractivity contribution < 1.29 is 38.8 Å². The van der Waals surface area contributed by atoms with Gasteiger partial charge in [0, 0.05) is 19.6 Å². The lowest BCUT2D eigenvalue weighted by molar-refractivity contribution is -0.0636. The largest absolute Gasteiger partial charge is 0.388 e. The topological polar surface area (TPSA) is 207 Å². The molecule has 14 nitrogen and oxygen atoms in total. The van der Waals surface area contributed by atoms with Crippen LogP contribution in [0, 0.1) is 5.41 Å². The van der Waals surface area contributed by atoms with Crippen molar-refractivity contribution >= 4 is 24.6 Å². The number of ether oxygens (including phenoxy) is 2. The fourth-order valence-electron chi connectivity index (χ4n) is 5.07. The number of aliphatic hydroxyl groups excluding tert-OH is 2. The quantitative estimate of drug-likeness (QED) is 0.137. The van der Waals surface area contributed by atoms with E-state index in [1.54, 1.807) is 20.8 Å². The van der Waals surface area contributed by atoms with Crippen LogP contribution in [0.25, 0.3) is 11.2 Å². The third kappa shape index (κ3) is 8.95. The summed E-state index contributed by atoms with van der Waals surface area (Å²) in [5.74, 6) is 0.520. The Labute approximate surface area is 260 Å². The van der Waals surface area contributed by atoms with Crippen molar-refractivity contribution in [2.24, 2.45) is 11.1 Å². The fraction of sp³-hybridized carbons (Fsp3) is 0.828. The third-order valence-corrected chi connectivity index (χ3v) is 10.6. The molecule has 1 aliphatic rings. The van der Waals surface area contributed by atoms with E-state index in [1.807, 2.05) is 0 Å². The first-order valence-electron chi connectivity index (χ1n) is 15.3. The van der Waals surface area contributed by atoms with E-state index in [2.05, 4.69) is 48.0 Å². The number of aliphatic hydroxyl groups is 3. The fourth-order valence-corrected chi connectivity index (χ4v) is 6.41.